The summed E-state index contributed by atoms with van der Waals surface area (Å²) < 4.78 is 1.18. The summed E-state index contributed by atoms with van der Waals surface area (Å²) in [5.41, 5.74) is 0.934. The molecule has 6 heteroatoms. The Bertz CT molecular complexity index is 448. The maximum atomic E-state index is 11.3. The summed E-state index contributed by atoms with van der Waals surface area (Å²) in [7, 11) is 0. The molecule has 0 spiro atoms. The molecule has 1 aromatic heterocycles. The fourth-order valence-corrected chi connectivity index (χ4v) is 4.14. The average Bonchev–Trinajstić information content (AvgIpc) is 2.79. The summed E-state index contributed by atoms with van der Waals surface area (Å²) in [6.45, 7) is 4.76. The zero-order valence-electron chi connectivity index (χ0n) is 11.2. The van der Waals surface area contributed by atoms with Crippen LogP contribution in [0.3, 0.4) is 0 Å². The molecule has 0 saturated heterocycles. The summed E-state index contributed by atoms with van der Waals surface area (Å²) in [4.78, 5) is 12.5. The monoisotopic (exact) mass is 300 g/mol. The number of rotatable bonds is 6. The van der Waals surface area contributed by atoms with Crippen LogP contribution in [0.5, 0.6) is 0 Å². The SMILES string of the molecule is CCCC(O)CNC(C)c1cc2c(s1)SCC(=O)N2. The number of hydrogen-bond acceptors (Lipinski definition) is 5. The normalized spacial score (nSPS) is 17.7. The molecular weight excluding hydrogens is 280 g/mol. The standard InChI is InChI=1S/C13H20N2O2S2/c1-3-4-9(16)6-14-8(2)11-5-10-13(19-11)18-7-12(17)15-10/h5,8-9,14,16H,3-4,6-7H2,1-2H3,(H,15,17). The number of anilines is 1. The van der Waals surface area contributed by atoms with Gasteiger partial charge in [0.25, 0.3) is 0 Å². The molecular formula is C13H20N2O2S2. The predicted molar refractivity (Wildman–Crippen MR) is 81.0 cm³/mol. The third-order valence-electron chi connectivity index (χ3n) is 3.03. The molecule has 2 unspecified atom stereocenters. The van der Waals surface area contributed by atoms with Gasteiger partial charge in [0.15, 0.2) is 0 Å². The summed E-state index contributed by atoms with van der Waals surface area (Å²) >= 11 is 3.31. The fraction of sp³-hybridized carbons (Fsp3) is 0.615. The number of fused-ring (bicyclic) bond motifs is 1. The summed E-state index contributed by atoms with van der Waals surface area (Å²) in [5.74, 6) is 0.574. The van der Waals surface area contributed by atoms with Crippen molar-refractivity contribution in [3.63, 3.8) is 0 Å². The van der Waals surface area contributed by atoms with Crippen LogP contribution in [0.15, 0.2) is 10.3 Å². The highest BCUT2D eigenvalue weighted by Crippen LogP contribution is 2.40. The van der Waals surface area contributed by atoms with Gasteiger partial charge in [0, 0.05) is 17.5 Å². The van der Waals surface area contributed by atoms with Gasteiger partial charge in [0.2, 0.25) is 5.91 Å². The first kappa shape index (κ1) is 14.8. The third kappa shape index (κ3) is 3.95. The molecule has 1 aliphatic rings. The number of carbonyl (C=O) groups excluding carboxylic acids is 1. The zero-order valence-corrected chi connectivity index (χ0v) is 12.9. The number of carbonyl (C=O) groups is 1. The molecule has 2 atom stereocenters. The minimum atomic E-state index is -0.281. The minimum Gasteiger partial charge on any atom is -0.392 e. The second-order valence-corrected chi connectivity index (χ2v) is 7.09. The lowest BCUT2D eigenvalue weighted by atomic mass is 10.2. The molecule has 0 fully saturated rings. The maximum Gasteiger partial charge on any atom is 0.234 e. The van der Waals surface area contributed by atoms with Crippen molar-refractivity contribution in [3.8, 4) is 0 Å². The lowest BCUT2D eigenvalue weighted by molar-refractivity contribution is -0.113. The van der Waals surface area contributed by atoms with Gasteiger partial charge in [0.1, 0.15) is 0 Å². The van der Waals surface area contributed by atoms with Crippen molar-refractivity contribution in [2.24, 2.45) is 0 Å². The van der Waals surface area contributed by atoms with Crippen molar-refractivity contribution in [3.05, 3.63) is 10.9 Å². The van der Waals surface area contributed by atoms with Crippen LogP contribution < -0.4 is 10.6 Å². The zero-order chi connectivity index (χ0) is 13.8. The first-order valence-electron chi connectivity index (χ1n) is 6.58. The smallest absolute Gasteiger partial charge is 0.234 e. The van der Waals surface area contributed by atoms with Crippen LogP contribution in [-0.2, 0) is 4.79 Å². The van der Waals surface area contributed by atoms with E-state index in [9.17, 15) is 9.90 Å². The molecule has 1 amide bonds. The van der Waals surface area contributed by atoms with Crippen molar-refractivity contribution in [2.75, 3.05) is 17.6 Å². The van der Waals surface area contributed by atoms with E-state index in [1.807, 2.05) is 6.07 Å². The van der Waals surface area contributed by atoms with E-state index >= 15 is 0 Å². The summed E-state index contributed by atoms with van der Waals surface area (Å²) in [5, 5.41) is 16.0. The number of aliphatic hydroxyl groups is 1. The molecule has 106 valence electrons. The second kappa shape index (κ2) is 6.74. The number of hydrogen-bond donors (Lipinski definition) is 3. The number of aliphatic hydroxyl groups excluding tert-OH is 1. The number of thioether (sulfide) groups is 1. The summed E-state index contributed by atoms with van der Waals surface area (Å²) in [6.07, 6.45) is 1.54. The van der Waals surface area contributed by atoms with Crippen LogP contribution in [-0.4, -0.2) is 29.4 Å². The molecule has 0 aliphatic carbocycles. The number of nitrogens with one attached hydrogen (secondary N) is 2. The fourth-order valence-electron chi connectivity index (χ4n) is 1.97. The Morgan fingerprint density at radius 2 is 2.37 bits per heavy atom. The van der Waals surface area contributed by atoms with E-state index in [1.54, 1.807) is 23.1 Å². The van der Waals surface area contributed by atoms with Crippen molar-refractivity contribution in [1.82, 2.24) is 5.32 Å². The maximum absolute atomic E-state index is 11.3. The molecule has 2 rings (SSSR count). The van der Waals surface area contributed by atoms with E-state index in [0.717, 1.165) is 18.5 Å². The van der Waals surface area contributed by atoms with Crippen LogP contribution in [0.1, 0.15) is 37.6 Å². The third-order valence-corrected chi connectivity index (χ3v) is 5.64. The number of thiophene rings is 1. The van der Waals surface area contributed by atoms with Gasteiger partial charge in [-0.2, -0.15) is 0 Å². The van der Waals surface area contributed by atoms with Crippen LogP contribution >= 0.6 is 23.1 Å². The van der Waals surface area contributed by atoms with Crippen LogP contribution in [0.25, 0.3) is 0 Å². The molecule has 0 aromatic carbocycles. The Balaban J connectivity index is 1.92. The van der Waals surface area contributed by atoms with E-state index < -0.39 is 0 Å². The number of amides is 1. The molecule has 0 radical (unpaired) electrons. The van der Waals surface area contributed by atoms with E-state index in [-0.39, 0.29) is 18.1 Å². The highest BCUT2D eigenvalue weighted by atomic mass is 32.2. The van der Waals surface area contributed by atoms with Gasteiger partial charge in [0.05, 0.1) is 21.8 Å². The molecule has 0 saturated carbocycles. The van der Waals surface area contributed by atoms with Gasteiger partial charge in [-0.3, -0.25) is 4.79 Å². The van der Waals surface area contributed by atoms with Gasteiger partial charge >= 0.3 is 0 Å². The van der Waals surface area contributed by atoms with Crippen molar-refractivity contribution in [1.29, 1.82) is 0 Å². The van der Waals surface area contributed by atoms with Crippen molar-refractivity contribution in [2.45, 2.75) is 43.0 Å². The Morgan fingerprint density at radius 1 is 1.58 bits per heavy atom. The molecule has 3 N–H and O–H groups in total. The summed E-state index contributed by atoms with van der Waals surface area (Å²) in [6, 6.07) is 2.23. The molecule has 1 aliphatic heterocycles. The first-order valence-corrected chi connectivity index (χ1v) is 8.38. The topological polar surface area (TPSA) is 61.4 Å². The lowest BCUT2D eigenvalue weighted by Crippen LogP contribution is -2.28. The minimum absolute atomic E-state index is 0.0702. The van der Waals surface area contributed by atoms with Crippen LogP contribution in [0.4, 0.5) is 5.69 Å². The van der Waals surface area contributed by atoms with Gasteiger partial charge in [-0.05, 0) is 19.4 Å². The van der Waals surface area contributed by atoms with Gasteiger partial charge in [-0.15, -0.1) is 23.1 Å². The second-order valence-electron chi connectivity index (χ2n) is 4.76. The predicted octanol–water partition coefficient (Wildman–Crippen LogP) is 2.60. The Kier molecular flexibility index (Phi) is 5.27. The van der Waals surface area contributed by atoms with E-state index in [1.165, 1.54) is 9.09 Å². The Hall–Kier alpha value is -0.560. The van der Waals surface area contributed by atoms with Gasteiger partial charge in [-0.25, -0.2) is 0 Å². The van der Waals surface area contributed by atoms with Crippen molar-refractivity contribution < 1.29 is 9.90 Å². The first-order chi connectivity index (χ1) is 9.10. The largest absolute Gasteiger partial charge is 0.392 e. The average molecular weight is 300 g/mol. The van der Waals surface area contributed by atoms with Crippen molar-refractivity contribution >= 4 is 34.7 Å². The molecule has 19 heavy (non-hydrogen) atoms. The van der Waals surface area contributed by atoms with Gasteiger partial charge in [-0.1, -0.05) is 13.3 Å². The highest BCUT2D eigenvalue weighted by molar-refractivity contribution is 8.02. The Morgan fingerprint density at radius 3 is 3.11 bits per heavy atom. The highest BCUT2D eigenvalue weighted by Gasteiger charge is 2.20. The van der Waals surface area contributed by atoms with E-state index in [2.05, 4.69) is 24.5 Å². The van der Waals surface area contributed by atoms with Crippen LogP contribution in [0, 0.1) is 0 Å². The van der Waals surface area contributed by atoms with Gasteiger partial charge < -0.3 is 15.7 Å². The molecule has 2 heterocycles. The Labute approximate surface area is 122 Å². The van der Waals surface area contributed by atoms with E-state index in [0.29, 0.717) is 12.3 Å². The lowest BCUT2D eigenvalue weighted by Gasteiger charge is -2.15. The molecule has 4 nitrogen and oxygen atoms in total. The molecule has 0 bridgehead atoms. The quantitative estimate of drug-likeness (QED) is 0.756. The van der Waals surface area contributed by atoms with Crippen LogP contribution in [0.2, 0.25) is 0 Å². The molecule has 1 aromatic rings. The van der Waals surface area contributed by atoms with E-state index in [4.69, 9.17) is 0 Å².